The standard InChI is InChI=1S/C21H17Cl3FN5O3/c1-11-5-15(25)17(29-20(32)33-10-21(22,23)24)8-14(11)16-7-13(9-28-30-16)12-3-4-27-18(6-12)19(31)26-2/h3-9H,10H2,1-2H3,(H,26,31)(H,29,32). The first-order valence-electron chi connectivity index (χ1n) is 9.39. The van der Waals surface area contributed by atoms with E-state index in [1.807, 2.05) is 0 Å². The van der Waals surface area contributed by atoms with Crippen LogP contribution in [0.5, 0.6) is 0 Å². The molecule has 33 heavy (non-hydrogen) atoms. The van der Waals surface area contributed by atoms with Crippen molar-refractivity contribution in [2.24, 2.45) is 0 Å². The molecule has 0 spiro atoms. The predicted molar refractivity (Wildman–Crippen MR) is 124 cm³/mol. The molecule has 0 aliphatic heterocycles. The van der Waals surface area contributed by atoms with Crippen LogP contribution in [-0.2, 0) is 4.74 Å². The molecule has 172 valence electrons. The van der Waals surface area contributed by atoms with Gasteiger partial charge < -0.3 is 10.1 Å². The van der Waals surface area contributed by atoms with Gasteiger partial charge in [-0.05, 0) is 48.4 Å². The minimum absolute atomic E-state index is 0.150. The zero-order valence-electron chi connectivity index (χ0n) is 17.3. The van der Waals surface area contributed by atoms with Gasteiger partial charge in [0.2, 0.25) is 3.79 Å². The molecule has 2 heterocycles. The number of aryl methyl sites for hydroxylation is 1. The molecule has 0 atom stereocenters. The highest BCUT2D eigenvalue weighted by molar-refractivity contribution is 6.67. The number of anilines is 1. The Hall–Kier alpha value is -3.01. The molecular formula is C21H17Cl3FN5O3. The van der Waals surface area contributed by atoms with Gasteiger partial charge in [0.15, 0.2) is 0 Å². The van der Waals surface area contributed by atoms with Gasteiger partial charge in [-0.1, -0.05) is 34.8 Å². The van der Waals surface area contributed by atoms with E-state index in [0.29, 0.717) is 27.9 Å². The Kier molecular flexibility index (Phi) is 7.68. The molecule has 1 aromatic carbocycles. The second-order valence-corrected chi connectivity index (χ2v) is 9.32. The second-order valence-electron chi connectivity index (χ2n) is 6.80. The van der Waals surface area contributed by atoms with E-state index in [0.717, 1.165) is 0 Å². The van der Waals surface area contributed by atoms with Crippen molar-refractivity contribution in [1.82, 2.24) is 20.5 Å². The van der Waals surface area contributed by atoms with E-state index in [2.05, 4.69) is 25.8 Å². The predicted octanol–water partition coefficient (Wildman–Crippen LogP) is 4.93. The maximum atomic E-state index is 14.4. The van der Waals surface area contributed by atoms with Crippen molar-refractivity contribution in [3.8, 4) is 22.4 Å². The van der Waals surface area contributed by atoms with E-state index in [4.69, 9.17) is 39.5 Å². The molecule has 0 aliphatic rings. The molecule has 2 aromatic heterocycles. The molecule has 12 heteroatoms. The van der Waals surface area contributed by atoms with E-state index in [1.54, 1.807) is 25.1 Å². The first kappa shape index (κ1) is 24.6. The average molecular weight is 513 g/mol. The van der Waals surface area contributed by atoms with Gasteiger partial charge in [0, 0.05) is 24.4 Å². The minimum atomic E-state index is -1.80. The summed E-state index contributed by atoms with van der Waals surface area (Å²) in [5.41, 5.74) is 2.93. The quantitative estimate of drug-likeness (QED) is 0.470. The zero-order chi connectivity index (χ0) is 24.2. The van der Waals surface area contributed by atoms with E-state index in [1.165, 1.54) is 31.6 Å². The lowest BCUT2D eigenvalue weighted by molar-refractivity contribution is 0.0958. The number of rotatable bonds is 5. The Bertz CT molecular complexity index is 1200. The van der Waals surface area contributed by atoms with Crippen molar-refractivity contribution in [2.45, 2.75) is 10.7 Å². The fourth-order valence-corrected chi connectivity index (χ4v) is 3.02. The number of pyridine rings is 1. The minimum Gasteiger partial charge on any atom is -0.445 e. The monoisotopic (exact) mass is 511 g/mol. The topological polar surface area (TPSA) is 106 Å². The van der Waals surface area contributed by atoms with Crippen LogP contribution in [0.2, 0.25) is 0 Å². The number of carbonyl (C=O) groups excluding carboxylic acids is 2. The number of nitrogens with one attached hydrogen (secondary N) is 2. The summed E-state index contributed by atoms with van der Waals surface area (Å²) in [5, 5.41) is 12.9. The highest BCUT2D eigenvalue weighted by Gasteiger charge is 2.23. The van der Waals surface area contributed by atoms with Crippen molar-refractivity contribution < 1.29 is 18.7 Å². The van der Waals surface area contributed by atoms with Crippen LogP contribution in [0.3, 0.4) is 0 Å². The lowest BCUT2D eigenvalue weighted by atomic mass is 10.0. The van der Waals surface area contributed by atoms with E-state index < -0.39 is 22.3 Å². The van der Waals surface area contributed by atoms with E-state index in [-0.39, 0.29) is 17.3 Å². The Balaban J connectivity index is 1.92. The highest BCUT2D eigenvalue weighted by Crippen LogP contribution is 2.30. The van der Waals surface area contributed by atoms with Gasteiger partial charge in [-0.3, -0.25) is 15.1 Å². The fraction of sp³-hybridized carbons (Fsp3) is 0.190. The molecule has 2 N–H and O–H groups in total. The van der Waals surface area contributed by atoms with Gasteiger partial charge in [0.25, 0.3) is 5.91 Å². The summed E-state index contributed by atoms with van der Waals surface area (Å²) in [4.78, 5) is 27.9. The summed E-state index contributed by atoms with van der Waals surface area (Å²) in [7, 11) is 1.51. The zero-order valence-corrected chi connectivity index (χ0v) is 19.6. The number of alkyl halides is 3. The van der Waals surface area contributed by atoms with Crippen LogP contribution in [0.4, 0.5) is 14.9 Å². The van der Waals surface area contributed by atoms with Gasteiger partial charge in [-0.2, -0.15) is 10.2 Å². The summed E-state index contributed by atoms with van der Waals surface area (Å²) in [6.45, 7) is 1.18. The number of amides is 2. The summed E-state index contributed by atoms with van der Waals surface area (Å²) < 4.78 is 17.4. The number of benzene rings is 1. The van der Waals surface area contributed by atoms with E-state index >= 15 is 0 Å². The molecule has 2 amide bonds. The van der Waals surface area contributed by atoms with Crippen LogP contribution in [-0.4, -0.2) is 44.6 Å². The maximum absolute atomic E-state index is 14.4. The molecule has 3 aromatic rings. The van der Waals surface area contributed by atoms with Crippen LogP contribution in [0.15, 0.2) is 42.7 Å². The molecular weight excluding hydrogens is 496 g/mol. The third-order valence-corrected chi connectivity index (χ3v) is 4.73. The second kappa shape index (κ2) is 10.3. The largest absolute Gasteiger partial charge is 0.445 e. The van der Waals surface area contributed by atoms with Gasteiger partial charge in [0.1, 0.15) is 18.1 Å². The number of carbonyl (C=O) groups is 2. The lowest BCUT2D eigenvalue weighted by Gasteiger charge is -2.14. The van der Waals surface area contributed by atoms with Crippen molar-refractivity contribution in [1.29, 1.82) is 0 Å². The van der Waals surface area contributed by atoms with E-state index in [9.17, 15) is 14.0 Å². The van der Waals surface area contributed by atoms with Gasteiger partial charge in [-0.25, -0.2) is 9.18 Å². The smallest absolute Gasteiger partial charge is 0.411 e. The average Bonchev–Trinajstić information content (AvgIpc) is 2.78. The van der Waals surface area contributed by atoms with Crippen LogP contribution < -0.4 is 10.6 Å². The molecule has 8 nitrogen and oxygen atoms in total. The number of hydrogen-bond acceptors (Lipinski definition) is 6. The summed E-state index contributed by atoms with van der Waals surface area (Å²) in [6, 6.07) is 7.70. The van der Waals surface area contributed by atoms with Crippen LogP contribution >= 0.6 is 34.8 Å². The molecule has 0 aliphatic carbocycles. The van der Waals surface area contributed by atoms with Crippen molar-refractivity contribution in [2.75, 3.05) is 19.0 Å². The van der Waals surface area contributed by atoms with Crippen molar-refractivity contribution in [3.05, 3.63) is 59.8 Å². The first-order chi connectivity index (χ1) is 15.6. The molecule has 0 saturated heterocycles. The Morgan fingerprint density at radius 3 is 2.61 bits per heavy atom. The maximum Gasteiger partial charge on any atom is 0.411 e. The molecule has 0 bridgehead atoms. The SMILES string of the molecule is CNC(=O)c1cc(-c2cnnc(-c3cc(NC(=O)OCC(Cl)(Cl)Cl)c(F)cc3C)c2)ccn1. The van der Waals surface area contributed by atoms with Crippen molar-refractivity contribution in [3.63, 3.8) is 0 Å². The first-order valence-corrected chi connectivity index (χ1v) is 10.5. The summed E-state index contributed by atoms with van der Waals surface area (Å²) in [5.74, 6) is -1.01. The third kappa shape index (κ3) is 6.50. The Morgan fingerprint density at radius 1 is 1.15 bits per heavy atom. The number of hydrogen-bond donors (Lipinski definition) is 2. The fourth-order valence-electron chi connectivity index (χ4n) is 2.86. The summed E-state index contributed by atoms with van der Waals surface area (Å²) in [6.07, 6.45) is 2.04. The Morgan fingerprint density at radius 2 is 1.91 bits per heavy atom. The highest BCUT2D eigenvalue weighted by atomic mass is 35.6. The lowest BCUT2D eigenvalue weighted by Crippen LogP contribution is -2.21. The Labute approximate surface area is 203 Å². The molecule has 0 radical (unpaired) electrons. The normalized spacial score (nSPS) is 11.1. The van der Waals surface area contributed by atoms with Gasteiger partial charge in [0.05, 0.1) is 17.6 Å². The van der Waals surface area contributed by atoms with Gasteiger partial charge in [-0.15, -0.1) is 0 Å². The van der Waals surface area contributed by atoms with Crippen LogP contribution in [0, 0.1) is 12.7 Å². The number of ether oxygens (including phenoxy) is 1. The van der Waals surface area contributed by atoms with Crippen LogP contribution in [0.25, 0.3) is 22.4 Å². The number of aromatic nitrogens is 3. The third-order valence-electron chi connectivity index (χ3n) is 4.40. The molecule has 0 unspecified atom stereocenters. The molecule has 3 rings (SSSR count). The molecule has 0 saturated carbocycles. The number of nitrogens with zero attached hydrogens (tertiary/aromatic N) is 3. The van der Waals surface area contributed by atoms with Gasteiger partial charge >= 0.3 is 6.09 Å². The number of halogens is 4. The summed E-state index contributed by atoms with van der Waals surface area (Å²) >= 11 is 16.6. The van der Waals surface area contributed by atoms with Crippen LogP contribution in [0.1, 0.15) is 16.1 Å². The van der Waals surface area contributed by atoms with Crippen molar-refractivity contribution >= 4 is 52.5 Å². The molecule has 0 fully saturated rings.